The number of benzene rings is 1. The van der Waals surface area contributed by atoms with Crippen molar-refractivity contribution in [3.63, 3.8) is 0 Å². The summed E-state index contributed by atoms with van der Waals surface area (Å²) in [7, 11) is 0. The largest absolute Gasteiger partial charge is 0.483 e. The minimum absolute atomic E-state index is 0.0598. The summed E-state index contributed by atoms with van der Waals surface area (Å²) in [5.74, 6) is 0.430. The van der Waals surface area contributed by atoms with Crippen LogP contribution in [0.4, 0.5) is 0 Å². The first-order valence-electron chi connectivity index (χ1n) is 6.32. The van der Waals surface area contributed by atoms with Gasteiger partial charge in [-0.3, -0.25) is 4.79 Å². The van der Waals surface area contributed by atoms with Gasteiger partial charge >= 0.3 is 0 Å². The lowest BCUT2D eigenvalue weighted by atomic mass is 10.1. The highest BCUT2D eigenvalue weighted by Crippen LogP contribution is 2.21. The molecule has 0 atom stereocenters. The number of aryl methyl sites for hydroxylation is 1. The third-order valence-corrected chi connectivity index (χ3v) is 4.45. The van der Waals surface area contributed by atoms with Crippen molar-refractivity contribution in [2.75, 3.05) is 6.61 Å². The normalized spacial score (nSPS) is 10.8. The van der Waals surface area contributed by atoms with Crippen molar-refractivity contribution in [1.82, 2.24) is 5.43 Å². The van der Waals surface area contributed by atoms with E-state index in [1.165, 1.54) is 11.3 Å². The van der Waals surface area contributed by atoms with Crippen LogP contribution in [0.1, 0.15) is 16.0 Å². The van der Waals surface area contributed by atoms with Crippen LogP contribution in [-0.4, -0.2) is 18.7 Å². The third-order valence-electron chi connectivity index (χ3n) is 2.89. The molecule has 2 aromatic rings. The molecule has 2 rings (SSSR count). The standard InChI is InChI=1S/C15H15BrN2O2S/c1-10-4-3-5-13(11(10)2)20-9-15(19)18-17-8-12-6-7-14(16)21-12/h3-8H,9H2,1-2H3,(H,18,19). The van der Waals surface area contributed by atoms with E-state index in [2.05, 4.69) is 26.5 Å². The number of hydrazone groups is 1. The topological polar surface area (TPSA) is 50.7 Å². The highest BCUT2D eigenvalue weighted by atomic mass is 79.9. The van der Waals surface area contributed by atoms with E-state index in [1.54, 1.807) is 6.21 Å². The Balaban J connectivity index is 1.82. The maximum absolute atomic E-state index is 11.7. The number of rotatable bonds is 5. The molecule has 0 bridgehead atoms. The second kappa shape index (κ2) is 7.38. The monoisotopic (exact) mass is 366 g/mol. The Kier molecular flexibility index (Phi) is 5.52. The average Bonchev–Trinajstić information content (AvgIpc) is 2.86. The van der Waals surface area contributed by atoms with Gasteiger partial charge in [-0.05, 0) is 59.1 Å². The van der Waals surface area contributed by atoms with Gasteiger partial charge in [-0.15, -0.1) is 11.3 Å². The Morgan fingerprint density at radius 3 is 2.90 bits per heavy atom. The number of carbonyl (C=O) groups is 1. The van der Waals surface area contributed by atoms with Gasteiger partial charge in [0, 0.05) is 4.88 Å². The van der Waals surface area contributed by atoms with Crippen LogP contribution in [0.3, 0.4) is 0 Å². The first kappa shape index (κ1) is 15.7. The number of hydrogen-bond acceptors (Lipinski definition) is 4. The zero-order chi connectivity index (χ0) is 15.2. The molecule has 0 aliphatic heterocycles. The number of amides is 1. The molecule has 0 aliphatic carbocycles. The molecule has 1 heterocycles. The second-order valence-electron chi connectivity index (χ2n) is 4.42. The molecule has 0 unspecified atom stereocenters. The molecule has 4 nitrogen and oxygen atoms in total. The minimum Gasteiger partial charge on any atom is -0.483 e. The number of halogens is 1. The number of nitrogens with one attached hydrogen (secondary N) is 1. The average molecular weight is 367 g/mol. The van der Waals surface area contributed by atoms with Gasteiger partial charge in [0.2, 0.25) is 0 Å². The predicted molar refractivity (Wildman–Crippen MR) is 89.2 cm³/mol. The molecule has 0 saturated heterocycles. The lowest BCUT2D eigenvalue weighted by molar-refractivity contribution is -0.123. The molecule has 0 aliphatic rings. The van der Waals surface area contributed by atoms with Crippen LogP contribution < -0.4 is 10.2 Å². The molecule has 1 amide bonds. The summed E-state index contributed by atoms with van der Waals surface area (Å²) in [5.41, 5.74) is 4.61. The Hall–Kier alpha value is -1.66. The van der Waals surface area contributed by atoms with Crippen molar-refractivity contribution in [3.8, 4) is 5.75 Å². The van der Waals surface area contributed by atoms with Gasteiger partial charge in [-0.1, -0.05) is 12.1 Å². The molecule has 6 heteroatoms. The predicted octanol–water partition coefficient (Wildman–Crippen LogP) is 3.66. The molecular formula is C15H15BrN2O2S. The van der Waals surface area contributed by atoms with Gasteiger partial charge in [0.25, 0.3) is 5.91 Å². The summed E-state index contributed by atoms with van der Waals surface area (Å²) in [6.07, 6.45) is 1.60. The van der Waals surface area contributed by atoms with Crippen LogP contribution in [0.2, 0.25) is 0 Å². The Morgan fingerprint density at radius 2 is 2.19 bits per heavy atom. The highest BCUT2D eigenvalue weighted by Gasteiger charge is 2.05. The molecule has 110 valence electrons. The van der Waals surface area contributed by atoms with Crippen LogP contribution >= 0.6 is 27.3 Å². The summed E-state index contributed by atoms with van der Waals surface area (Å²) < 4.78 is 6.52. The lowest BCUT2D eigenvalue weighted by Crippen LogP contribution is -2.24. The SMILES string of the molecule is Cc1cccc(OCC(=O)NN=Cc2ccc(Br)s2)c1C. The number of nitrogens with zero attached hydrogens (tertiary/aromatic N) is 1. The van der Waals surface area contributed by atoms with Crippen molar-refractivity contribution in [2.24, 2.45) is 5.10 Å². The van der Waals surface area contributed by atoms with E-state index in [0.717, 1.165) is 25.5 Å². The van der Waals surface area contributed by atoms with E-state index < -0.39 is 0 Å². The lowest BCUT2D eigenvalue weighted by Gasteiger charge is -2.09. The van der Waals surface area contributed by atoms with Crippen molar-refractivity contribution in [3.05, 3.63) is 50.1 Å². The molecule has 0 radical (unpaired) electrons. The Labute approximate surface area is 136 Å². The summed E-state index contributed by atoms with van der Waals surface area (Å²) in [6.45, 7) is 3.91. The van der Waals surface area contributed by atoms with Crippen molar-refractivity contribution < 1.29 is 9.53 Å². The summed E-state index contributed by atoms with van der Waals surface area (Å²) >= 11 is 4.90. The van der Waals surface area contributed by atoms with Gasteiger partial charge < -0.3 is 4.74 Å². The van der Waals surface area contributed by atoms with Gasteiger partial charge in [-0.25, -0.2) is 5.43 Å². The molecule has 21 heavy (non-hydrogen) atoms. The number of ether oxygens (including phenoxy) is 1. The first-order valence-corrected chi connectivity index (χ1v) is 7.93. The zero-order valence-corrected chi connectivity index (χ0v) is 14.1. The van der Waals surface area contributed by atoms with Crippen LogP contribution in [-0.2, 0) is 4.79 Å². The number of thiophene rings is 1. The summed E-state index contributed by atoms with van der Waals surface area (Å²) in [4.78, 5) is 12.6. The van der Waals surface area contributed by atoms with Gasteiger partial charge in [0.05, 0.1) is 10.0 Å². The zero-order valence-electron chi connectivity index (χ0n) is 11.7. The Bertz CT molecular complexity index is 667. The van der Waals surface area contributed by atoms with E-state index in [9.17, 15) is 4.79 Å². The molecule has 1 N–H and O–H groups in total. The molecule has 0 fully saturated rings. The summed E-state index contributed by atoms with van der Waals surface area (Å²) in [5, 5.41) is 3.89. The van der Waals surface area contributed by atoms with Crippen LogP contribution in [0.25, 0.3) is 0 Å². The van der Waals surface area contributed by atoms with Crippen molar-refractivity contribution in [1.29, 1.82) is 0 Å². The van der Waals surface area contributed by atoms with Gasteiger partial charge in [-0.2, -0.15) is 5.10 Å². The number of hydrogen-bond donors (Lipinski definition) is 1. The van der Waals surface area contributed by atoms with E-state index >= 15 is 0 Å². The second-order valence-corrected chi connectivity index (χ2v) is 6.92. The minimum atomic E-state index is -0.289. The van der Waals surface area contributed by atoms with E-state index in [4.69, 9.17) is 4.74 Å². The molecule has 1 aromatic carbocycles. The number of carbonyl (C=O) groups excluding carboxylic acids is 1. The fourth-order valence-corrected chi connectivity index (χ4v) is 2.92. The first-order chi connectivity index (χ1) is 10.1. The maximum Gasteiger partial charge on any atom is 0.277 e. The van der Waals surface area contributed by atoms with Crippen LogP contribution in [0, 0.1) is 13.8 Å². The molecule has 0 saturated carbocycles. The van der Waals surface area contributed by atoms with Crippen LogP contribution in [0.15, 0.2) is 39.2 Å². The molecule has 0 spiro atoms. The molecule has 1 aromatic heterocycles. The van der Waals surface area contributed by atoms with E-state index in [0.29, 0.717) is 0 Å². The summed E-state index contributed by atoms with van der Waals surface area (Å²) in [6, 6.07) is 9.60. The quantitative estimate of drug-likeness (QED) is 0.648. The smallest absolute Gasteiger partial charge is 0.277 e. The van der Waals surface area contributed by atoms with E-state index in [1.807, 2.05) is 44.2 Å². The fourth-order valence-electron chi connectivity index (χ4n) is 1.62. The van der Waals surface area contributed by atoms with Gasteiger partial charge in [0.15, 0.2) is 6.61 Å². The van der Waals surface area contributed by atoms with E-state index in [-0.39, 0.29) is 12.5 Å². The Morgan fingerprint density at radius 1 is 1.38 bits per heavy atom. The van der Waals surface area contributed by atoms with Crippen LogP contribution in [0.5, 0.6) is 5.75 Å². The molecular weight excluding hydrogens is 352 g/mol. The highest BCUT2D eigenvalue weighted by molar-refractivity contribution is 9.11. The van der Waals surface area contributed by atoms with Crippen molar-refractivity contribution in [2.45, 2.75) is 13.8 Å². The van der Waals surface area contributed by atoms with Crippen molar-refractivity contribution >= 4 is 39.4 Å². The third kappa shape index (κ3) is 4.68. The fraction of sp³-hybridized carbons (Fsp3) is 0.200. The maximum atomic E-state index is 11.7. The van der Waals surface area contributed by atoms with Gasteiger partial charge in [0.1, 0.15) is 5.75 Å².